The van der Waals surface area contributed by atoms with E-state index in [1.54, 1.807) is 36.4 Å². The van der Waals surface area contributed by atoms with Gasteiger partial charge in [-0.3, -0.25) is 4.18 Å². The largest absolute Gasteiger partial charge is 0.491 e. The fourth-order valence-electron chi connectivity index (χ4n) is 5.79. The number of hydrogen-bond acceptors (Lipinski definition) is 11. The van der Waals surface area contributed by atoms with Crippen molar-refractivity contribution < 1.29 is 49.4 Å². The van der Waals surface area contributed by atoms with Crippen LogP contribution < -0.4 is 14.2 Å². The van der Waals surface area contributed by atoms with Crippen molar-refractivity contribution in [2.45, 2.75) is 23.3 Å². The molecule has 13 heteroatoms. The molecular weight excluding hydrogens is 781 g/mol. The van der Waals surface area contributed by atoms with Crippen molar-refractivity contribution in [3.63, 3.8) is 0 Å². The summed E-state index contributed by atoms with van der Waals surface area (Å²) < 4.78 is 88.7. The second kappa shape index (κ2) is 20.4. The van der Waals surface area contributed by atoms with Crippen LogP contribution in [0.5, 0.6) is 23.0 Å². The third kappa shape index (κ3) is 12.4. The number of hydrogen-bond donors (Lipinski definition) is 0. The fraction of sp³-hybridized carbons (Fsp3) is 0.244. The number of rotatable bonds is 22. The summed E-state index contributed by atoms with van der Waals surface area (Å²) in [6, 6.07) is 40.3. The van der Waals surface area contributed by atoms with Crippen LogP contribution in [-0.2, 0) is 45.0 Å². The summed E-state index contributed by atoms with van der Waals surface area (Å²) in [7, 11) is -7.16. The minimum Gasteiger partial charge on any atom is -0.491 e. The van der Waals surface area contributed by atoms with Gasteiger partial charge in [0.2, 0.25) is 0 Å². The molecule has 0 bridgehead atoms. The van der Waals surface area contributed by atoms with Gasteiger partial charge in [-0.15, -0.1) is 0 Å². The predicted molar refractivity (Wildman–Crippen MR) is 222 cm³/mol. The summed E-state index contributed by atoms with van der Waals surface area (Å²) >= 11 is 0. The van der Waals surface area contributed by atoms with Crippen LogP contribution >= 0.6 is 0 Å². The van der Waals surface area contributed by atoms with Crippen molar-refractivity contribution in [2.24, 2.45) is 0 Å². The minimum atomic E-state index is -3.81. The molecule has 0 amide bonds. The van der Waals surface area contributed by atoms with Gasteiger partial charge in [-0.05, 0) is 96.2 Å². The van der Waals surface area contributed by atoms with Gasteiger partial charge in [-0.1, -0.05) is 66.2 Å². The Bertz CT molecular complexity index is 2440. The van der Waals surface area contributed by atoms with E-state index in [1.165, 1.54) is 18.4 Å². The molecule has 0 fully saturated rings. The molecule has 0 unspecified atom stereocenters. The number of sulfone groups is 1. The summed E-state index contributed by atoms with van der Waals surface area (Å²) in [6.07, 6.45) is 1.19. The van der Waals surface area contributed by atoms with E-state index >= 15 is 0 Å². The van der Waals surface area contributed by atoms with Gasteiger partial charge in [0.1, 0.15) is 36.2 Å². The molecule has 0 saturated carbocycles. The maximum Gasteiger partial charge on any atom is 0.297 e. The van der Waals surface area contributed by atoms with Gasteiger partial charge in [-0.25, -0.2) is 8.42 Å². The molecule has 0 radical (unpaired) electrons. The maximum atomic E-state index is 12.2. The quantitative estimate of drug-likeness (QED) is 0.0483. The van der Waals surface area contributed by atoms with Crippen molar-refractivity contribution in [3.05, 3.63) is 145 Å². The minimum absolute atomic E-state index is 0.0846. The van der Waals surface area contributed by atoms with E-state index in [0.717, 1.165) is 38.8 Å². The van der Waals surface area contributed by atoms with E-state index in [2.05, 4.69) is 0 Å². The zero-order valence-corrected chi connectivity index (χ0v) is 34.0. The zero-order chi connectivity index (χ0) is 40.8. The summed E-state index contributed by atoms with van der Waals surface area (Å²) in [4.78, 5) is 0.355. The van der Waals surface area contributed by atoms with Crippen molar-refractivity contribution in [1.29, 1.82) is 0 Å². The molecule has 0 N–H and O–H groups in total. The van der Waals surface area contributed by atoms with E-state index in [0.29, 0.717) is 63.5 Å². The lowest BCUT2D eigenvalue weighted by Gasteiger charge is -2.16. The molecule has 304 valence electrons. The van der Waals surface area contributed by atoms with Crippen LogP contribution in [0.3, 0.4) is 0 Å². The lowest BCUT2D eigenvalue weighted by molar-refractivity contribution is 0.00528. The Kier molecular flexibility index (Phi) is 14.9. The highest BCUT2D eigenvalue weighted by molar-refractivity contribution is 7.90. The van der Waals surface area contributed by atoms with Crippen LogP contribution in [0.15, 0.2) is 143 Å². The van der Waals surface area contributed by atoms with Crippen LogP contribution in [0.1, 0.15) is 11.1 Å². The lowest BCUT2D eigenvalue weighted by Crippen LogP contribution is -2.15. The van der Waals surface area contributed by atoms with Gasteiger partial charge < -0.3 is 28.4 Å². The van der Waals surface area contributed by atoms with Crippen LogP contribution in [-0.4, -0.2) is 75.9 Å². The van der Waals surface area contributed by atoms with E-state index in [-0.39, 0.29) is 23.0 Å². The van der Waals surface area contributed by atoms with E-state index in [4.69, 9.17) is 32.6 Å². The second-order valence-corrected chi connectivity index (χ2v) is 16.9. The van der Waals surface area contributed by atoms with Crippen LogP contribution in [0, 0.1) is 6.92 Å². The first-order valence-electron chi connectivity index (χ1n) is 18.7. The summed E-state index contributed by atoms with van der Waals surface area (Å²) in [5.74, 6) is 2.59. The van der Waals surface area contributed by atoms with Gasteiger partial charge >= 0.3 is 0 Å². The Morgan fingerprint density at radius 1 is 0.517 bits per heavy atom. The van der Waals surface area contributed by atoms with Crippen molar-refractivity contribution in [2.75, 3.05) is 59.1 Å². The van der Waals surface area contributed by atoms with Crippen LogP contribution in [0.2, 0.25) is 0 Å². The van der Waals surface area contributed by atoms with Gasteiger partial charge in [0.05, 0.1) is 56.0 Å². The molecule has 0 heterocycles. The highest BCUT2D eigenvalue weighted by Gasteiger charge is 2.16. The van der Waals surface area contributed by atoms with Crippen molar-refractivity contribution in [1.82, 2.24) is 0 Å². The molecule has 11 nitrogen and oxygen atoms in total. The first-order chi connectivity index (χ1) is 28.0. The average Bonchev–Trinajstić information content (AvgIpc) is 3.22. The molecule has 0 aromatic heterocycles. The molecule has 6 aromatic carbocycles. The standard InChI is InChI=1S/C45H46O11S2/c1-34-8-18-42(19-9-34)58(48,49)55-31-29-52-27-25-50-24-26-51-28-30-53-38-13-15-39(16-14-38)56-45-43(36-10-20-41(21-11-36)57(2,46)47)22-12-37-32-40(17-23-44(37)45)54-33-35-6-4-3-5-7-35/h3-23,32H,24-31,33H2,1-2H3. The van der Waals surface area contributed by atoms with E-state index < -0.39 is 20.0 Å². The van der Waals surface area contributed by atoms with Crippen LogP contribution in [0.25, 0.3) is 21.9 Å². The third-order valence-electron chi connectivity index (χ3n) is 8.84. The van der Waals surface area contributed by atoms with Crippen molar-refractivity contribution in [3.8, 4) is 34.1 Å². The zero-order valence-electron chi connectivity index (χ0n) is 32.4. The first-order valence-corrected chi connectivity index (χ1v) is 22.0. The SMILES string of the molecule is Cc1ccc(S(=O)(=O)OCCOCCOCCOCCOc2ccc(Oc3c(-c4ccc(S(C)(=O)=O)cc4)ccc4cc(OCc5ccccc5)ccc34)cc2)cc1. The van der Waals surface area contributed by atoms with E-state index in [9.17, 15) is 16.8 Å². The van der Waals surface area contributed by atoms with Gasteiger partial charge in [-0.2, -0.15) is 8.42 Å². The molecule has 0 atom stereocenters. The molecule has 6 aromatic rings. The first kappa shape index (κ1) is 42.3. The molecule has 0 aliphatic heterocycles. The highest BCUT2D eigenvalue weighted by atomic mass is 32.2. The molecule has 58 heavy (non-hydrogen) atoms. The predicted octanol–water partition coefficient (Wildman–Crippen LogP) is 8.42. The average molecular weight is 827 g/mol. The number of ether oxygens (including phenoxy) is 6. The lowest BCUT2D eigenvalue weighted by atomic mass is 9.99. The molecule has 6 rings (SSSR count). The van der Waals surface area contributed by atoms with E-state index in [1.807, 2.05) is 91.9 Å². The van der Waals surface area contributed by atoms with Gasteiger partial charge in [0, 0.05) is 17.2 Å². The smallest absolute Gasteiger partial charge is 0.297 e. The highest BCUT2D eigenvalue weighted by Crippen LogP contribution is 2.41. The van der Waals surface area contributed by atoms with Crippen LogP contribution in [0.4, 0.5) is 0 Å². The monoisotopic (exact) mass is 826 g/mol. The molecular formula is C45H46O11S2. The summed E-state index contributed by atoms with van der Waals surface area (Å²) in [6.45, 7) is 4.42. The summed E-state index contributed by atoms with van der Waals surface area (Å²) in [5, 5.41) is 1.79. The topological polar surface area (TPSA) is 133 Å². The molecule has 0 aliphatic carbocycles. The Morgan fingerprint density at radius 3 is 1.76 bits per heavy atom. The Labute approximate surface area is 340 Å². The normalized spacial score (nSPS) is 11.8. The molecule has 0 spiro atoms. The number of fused-ring (bicyclic) bond motifs is 1. The second-order valence-electron chi connectivity index (χ2n) is 13.2. The fourth-order valence-corrected chi connectivity index (χ4v) is 7.31. The van der Waals surface area contributed by atoms with Crippen molar-refractivity contribution >= 4 is 30.7 Å². The Hall–Kier alpha value is -5.28. The molecule has 0 aliphatic rings. The molecule has 0 saturated heterocycles. The summed E-state index contributed by atoms with van der Waals surface area (Å²) in [5.41, 5.74) is 3.64. The third-order valence-corrected chi connectivity index (χ3v) is 11.3. The Morgan fingerprint density at radius 2 is 1.10 bits per heavy atom. The Balaban J connectivity index is 0.954. The number of benzene rings is 6. The van der Waals surface area contributed by atoms with Gasteiger partial charge in [0.25, 0.3) is 10.1 Å². The maximum absolute atomic E-state index is 12.2. The number of aryl methyl sites for hydroxylation is 1. The van der Waals surface area contributed by atoms with Gasteiger partial charge in [0.15, 0.2) is 9.84 Å².